The second-order valence-electron chi connectivity index (χ2n) is 1.61. The van der Waals surface area contributed by atoms with Gasteiger partial charge in [0.05, 0.1) is 0 Å². The Bertz CT molecular complexity index is 229. The van der Waals surface area contributed by atoms with Crippen molar-refractivity contribution in [3.63, 3.8) is 0 Å². The molecule has 0 radical (unpaired) electrons. The molecule has 0 atom stereocenters. The number of ketones is 1. The SMILES string of the molecule is COCC(=O)C(=[N+]=[N-])C(=O)O. The maximum absolute atomic E-state index is 10.6. The second kappa shape index (κ2) is 4.32. The fourth-order valence-electron chi connectivity index (χ4n) is 0.417. The maximum atomic E-state index is 10.6. The number of hydrogen-bond acceptors (Lipinski definition) is 3. The lowest BCUT2D eigenvalue weighted by atomic mass is 10.2. The number of aliphatic carboxylic acids is 1. The molecule has 0 aliphatic rings. The first-order valence-corrected chi connectivity index (χ1v) is 2.61. The summed E-state index contributed by atoms with van der Waals surface area (Å²) in [5.41, 5.74) is 7.10. The summed E-state index contributed by atoms with van der Waals surface area (Å²) in [5, 5.41) is 8.20. The van der Waals surface area contributed by atoms with Gasteiger partial charge in [-0.05, 0) is 0 Å². The van der Waals surface area contributed by atoms with Crippen LogP contribution in [0, 0.1) is 0 Å². The molecule has 0 aromatic rings. The molecular weight excluding hydrogens is 152 g/mol. The van der Waals surface area contributed by atoms with Crippen molar-refractivity contribution in [3.05, 3.63) is 5.53 Å². The molecule has 6 nitrogen and oxygen atoms in total. The fraction of sp³-hybridized carbons (Fsp3) is 0.400. The number of carbonyl (C=O) groups excluding carboxylic acids is 1. The van der Waals surface area contributed by atoms with Crippen molar-refractivity contribution in [2.75, 3.05) is 13.7 Å². The number of carboxylic acid groups (broad SMARTS) is 1. The van der Waals surface area contributed by atoms with Crippen LogP contribution in [-0.4, -0.2) is 41.1 Å². The lowest BCUT2D eigenvalue weighted by Gasteiger charge is -1.88. The molecule has 0 bridgehead atoms. The zero-order valence-corrected chi connectivity index (χ0v) is 5.77. The number of nitrogens with zero attached hydrogens (tertiary/aromatic N) is 2. The van der Waals surface area contributed by atoms with Gasteiger partial charge in [0.1, 0.15) is 6.61 Å². The van der Waals surface area contributed by atoms with E-state index in [0.717, 1.165) is 0 Å². The van der Waals surface area contributed by atoms with E-state index in [9.17, 15) is 9.59 Å². The summed E-state index contributed by atoms with van der Waals surface area (Å²) in [6, 6.07) is 0. The standard InChI is InChI=1S/C5H6N2O4/c1-11-2-3(8)4(7-6)5(9)10/h2H2,1H3,(H,9,10). The Morgan fingerprint density at radius 3 is 2.45 bits per heavy atom. The third-order valence-corrected chi connectivity index (χ3v) is 0.842. The predicted octanol–water partition coefficient (Wildman–Crippen LogP) is -1.04. The Labute approximate surface area is 62.0 Å². The van der Waals surface area contributed by atoms with E-state index in [4.69, 9.17) is 10.6 Å². The minimum atomic E-state index is -1.57. The number of hydrogen-bond donors (Lipinski definition) is 1. The van der Waals surface area contributed by atoms with Gasteiger partial charge in [-0.3, -0.25) is 4.79 Å². The van der Waals surface area contributed by atoms with Crippen LogP contribution >= 0.6 is 0 Å². The molecule has 0 aliphatic carbocycles. The highest BCUT2D eigenvalue weighted by Gasteiger charge is 2.28. The monoisotopic (exact) mass is 158 g/mol. The van der Waals surface area contributed by atoms with E-state index in [-0.39, 0.29) is 0 Å². The zero-order valence-electron chi connectivity index (χ0n) is 5.77. The molecule has 0 aliphatic heterocycles. The molecule has 11 heavy (non-hydrogen) atoms. The quantitative estimate of drug-likeness (QED) is 0.244. The van der Waals surface area contributed by atoms with E-state index in [1.807, 2.05) is 0 Å². The van der Waals surface area contributed by atoms with Crippen molar-refractivity contribution in [1.29, 1.82) is 0 Å². The van der Waals surface area contributed by atoms with Crippen molar-refractivity contribution in [2.24, 2.45) is 0 Å². The van der Waals surface area contributed by atoms with Gasteiger partial charge in [0.15, 0.2) is 0 Å². The smallest absolute Gasteiger partial charge is 0.443 e. The lowest BCUT2D eigenvalue weighted by Crippen LogP contribution is -2.27. The maximum Gasteiger partial charge on any atom is 0.443 e. The number of carboxylic acids is 1. The summed E-state index contributed by atoms with van der Waals surface area (Å²) >= 11 is 0. The first kappa shape index (κ1) is 9.48. The van der Waals surface area contributed by atoms with E-state index < -0.39 is 24.1 Å². The molecule has 0 amide bonds. The summed E-state index contributed by atoms with van der Waals surface area (Å²) in [4.78, 5) is 23.0. The fourth-order valence-corrected chi connectivity index (χ4v) is 0.417. The molecule has 60 valence electrons. The van der Waals surface area contributed by atoms with Crippen LogP contribution in [0.25, 0.3) is 5.53 Å². The summed E-state index contributed by atoms with van der Waals surface area (Å²) in [5.74, 6) is -2.45. The Hall–Kier alpha value is -1.52. The number of carbonyl (C=O) groups is 2. The minimum Gasteiger partial charge on any atom is -0.472 e. The molecule has 0 unspecified atom stereocenters. The zero-order chi connectivity index (χ0) is 8.85. The summed E-state index contributed by atoms with van der Waals surface area (Å²) in [6.45, 7) is -0.411. The van der Waals surface area contributed by atoms with E-state index in [1.165, 1.54) is 7.11 Å². The van der Waals surface area contributed by atoms with Gasteiger partial charge in [-0.25, -0.2) is 4.79 Å². The highest BCUT2D eigenvalue weighted by Crippen LogP contribution is 1.78. The van der Waals surface area contributed by atoms with E-state index in [2.05, 4.69) is 9.53 Å². The van der Waals surface area contributed by atoms with E-state index >= 15 is 0 Å². The van der Waals surface area contributed by atoms with Gasteiger partial charge in [0.25, 0.3) is 5.78 Å². The summed E-state index contributed by atoms with van der Waals surface area (Å²) < 4.78 is 4.33. The van der Waals surface area contributed by atoms with Crippen LogP contribution in [0.4, 0.5) is 0 Å². The van der Waals surface area contributed by atoms with Crippen LogP contribution in [0.15, 0.2) is 0 Å². The van der Waals surface area contributed by atoms with Crippen LogP contribution in [0.3, 0.4) is 0 Å². The molecule has 0 fully saturated rings. The van der Waals surface area contributed by atoms with Gasteiger partial charge >= 0.3 is 11.7 Å². The first-order valence-electron chi connectivity index (χ1n) is 2.61. The molecule has 0 aromatic heterocycles. The minimum absolute atomic E-state index is 0.411. The van der Waals surface area contributed by atoms with Crippen molar-refractivity contribution >= 4 is 17.5 Å². The second-order valence-corrected chi connectivity index (χ2v) is 1.61. The molecule has 0 rings (SSSR count). The summed E-state index contributed by atoms with van der Waals surface area (Å²) in [7, 11) is 1.23. The van der Waals surface area contributed by atoms with Gasteiger partial charge < -0.3 is 15.4 Å². The van der Waals surface area contributed by atoms with E-state index in [1.54, 1.807) is 0 Å². The number of ether oxygens (including phenoxy) is 1. The molecule has 0 heterocycles. The first-order chi connectivity index (χ1) is 5.13. The van der Waals surface area contributed by atoms with E-state index in [0.29, 0.717) is 0 Å². The lowest BCUT2D eigenvalue weighted by molar-refractivity contribution is -0.137. The number of rotatable bonds is 4. The Balaban J connectivity index is 4.42. The molecule has 0 aromatic carbocycles. The van der Waals surface area contributed by atoms with Crippen molar-refractivity contribution in [3.8, 4) is 0 Å². The topological polar surface area (TPSA) is 100 Å². The Kier molecular flexibility index (Phi) is 3.72. The van der Waals surface area contributed by atoms with Crippen molar-refractivity contribution < 1.29 is 24.2 Å². The van der Waals surface area contributed by atoms with Gasteiger partial charge in [0.2, 0.25) is 0 Å². The van der Waals surface area contributed by atoms with Crippen LogP contribution in [0.1, 0.15) is 0 Å². The third kappa shape index (κ3) is 2.70. The average Bonchev–Trinajstić information content (AvgIpc) is 1.88. The largest absolute Gasteiger partial charge is 0.472 e. The van der Waals surface area contributed by atoms with Gasteiger partial charge in [0, 0.05) is 7.11 Å². The van der Waals surface area contributed by atoms with Crippen LogP contribution in [0.2, 0.25) is 0 Å². The van der Waals surface area contributed by atoms with Crippen molar-refractivity contribution in [1.82, 2.24) is 0 Å². The molecule has 0 saturated carbocycles. The molecule has 1 N–H and O–H groups in total. The number of methoxy groups -OCH3 is 1. The third-order valence-electron chi connectivity index (χ3n) is 0.842. The molecule has 6 heteroatoms. The van der Waals surface area contributed by atoms with Crippen molar-refractivity contribution in [2.45, 2.75) is 0 Å². The van der Waals surface area contributed by atoms with Gasteiger partial charge in [-0.15, -0.1) is 0 Å². The Morgan fingerprint density at radius 1 is 1.64 bits per heavy atom. The van der Waals surface area contributed by atoms with Crippen LogP contribution in [-0.2, 0) is 14.3 Å². The average molecular weight is 158 g/mol. The van der Waals surface area contributed by atoms with Gasteiger partial charge in [-0.2, -0.15) is 4.79 Å². The number of Topliss-reactive ketones (excluding diaryl/α,β-unsaturated/α-hetero) is 1. The van der Waals surface area contributed by atoms with Gasteiger partial charge in [-0.1, -0.05) is 0 Å². The molecule has 0 saturated heterocycles. The predicted molar refractivity (Wildman–Crippen MR) is 33.1 cm³/mol. The van der Waals surface area contributed by atoms with Crippen LogP contribution < -0.4 is 0 Å². The summed E-state index contributed by atoms with van der Waals surface area (Å²) in [6.07, 6.45) is 0. The highest BCUT2D eigenvalue weighted by molar-refractivity contribution is 6.62. The highest BCUT2D eigenvalue weighted by atomic mass is 16.5. The molecule has 0 spiro atoms. The van der Waals surface area contributed by atoms with Crippen LogP contribution in [0.5, 0.6) is 0 Å². The molecular formula is C5H6N2O4. The Morgan fingerprint density at radius 2 is 2.18 bits per heavy atom. The normalized spacial score (nSPS) is 8.45.